The van der Waals surface area contributed by atoms with Crippen molar-refractivity contribution in [3.05, 3.63) is 53.9 Å². The smallest absolute Gasteiger partial charge is 0.227 e. The molecule has 2 aliphatic heterocycles. The number of rotatable bonds is 4. The van der Waals surface area contributed by atoms with Gasteiger partial charge in [-0.3, -0.25) is 19.4 Å². The summed E-state index contributed by atoms with van der Waals surface area (Å²) in [7, 11) is 0. The van der Waals surface area contributed by atoms with Crippen molar-refractivity contribution in [1.29, 1.82) is 0 Å². The second-order valence-electron chi connectivity index (χ2n) is 7.21. The summed E-state index contributed by atoms with van der Waals surface area (Å²) in [6.45, 7) is 3.02. The first kappa shape index (κ1) is 18.2. The summed E-state index contributed by atoms with van der Waals surface area (Å²) in [4.78, 5) is 44.1. The second-order valence-corrected chi connectivity index (χ2v) is 7.21. The molecule has 3 heterocycles. The minimum absolute atomic E-state index is 0.0229. The Balaban J connectivity index is 1.42. The van der Waals surface area contributed by atoms with Crippen molar-refractivity contribution < 1.29 is 14.4 Å². The van der Waals surface area contributed by atoms with Crippen LogP contribution in [0.2, 0.25) is 0 Å². The van der Waals surface area contributed by atoms with Crippen LogP contribution in [-0.4, -0.2) is 35.8 Å². The summed E-state index contributed by atoms with van der Waals surface area (Å²) in [6, 6.07) is 9.41. The van der Waals surface area contributed by atoms with Crippen molar-refractivity contribution in [3.63, 3.8) is 0 Å². The van der Waals surface area contributed by atoms with Gasteiger partial charge in [0.25, 0.3) is 0 Å². The summed E-state index contributed by atoms with van der Waals surface area (Å²) in [5, 5.41) is 2.90. The number of amides is 3. The first-order valence-corrected chi connectivity index (χ1v) is 9.41. The highest BCUT2D eigenvalue weighted by molar-refractivity contribution is 6.01. The number of nitrogens with one attached hydrogen (secondary N) is 1. The lowest BCUT2D eigenvalue weighted by atomic mass is 10.1. The van der Waals surface area contributed by atoms with Crippen LogP contribution in [0.15, 0.2) is 42.7 Å². The number of anilines is 2. The molecule has 0 spiro atoms. The Bertz CT molecular complexity index is 929. The molecule has 1 aromatic heterocycles. The molecule has 2 aromatic rings. The number of benzene rings is 1. The zero-order valence-corrected chi connectivity index (χ0v) is 15.7. The van der Waals surface area contributed by atoms with Gasteiger partial charge in [-0.2, -0.15) is 0 Å². The lowest BCUT2D eigenvalue weighted by Gasteiger charge is -2.19. The molecule has 4 rings (SSSR count). The van der Waals surface area contributed by atoms with E-state index in [4.69, 9.17) is 0 Å². The van der Waals surface area contributed by atoms with Crippen LogP contribution in [0.3, 0.4) is 0 Å². The van der Waals surface area contributed by atoms with E-state index in [2.05, 4.69) is 10.3 Å². The molecule has 1 unspecified atom stereocenters. The van der Waals surface area contributed by atoms with Gasteiger partial charge in [0, 0.05) is 56.7 Å². The van der Waals surface area contributed by atoms with Crippen LogP contribution in [0.4, 0.5) is 11.4 Å². The van der Waals surface area contributed by atoms with Crippen LogP contribution in [0.25, 0.3) is 0 Å². The van der Waals surface area contributed by atoms with Gasteiger partial charge >= 0.3 is 0 Å². The molecule has 1 saturated heterocycles. The molecule has 7 heteroatoms. The maximum Gasteiger partial charge on any atom is 0.227 e. The molecule has 7 nitrogen and oxygen atoms in total. The predicted molar refractivity (Wildman–Crippen MR) is 105 cm³/mol. The van der Waals surface area contributed by atoms with Crippen molar-refractivity contribution in [3.8, 4) is 0 Å². The summed E-state index contributed by atoms with van der Waals surface area (Å²) in [6.07, 6.45) is 4.35. The van der Waals surface area contributed by atoms with E-state index in [9.17, 15) is 14.4 Å². The third kappa shape index (κ3) is 3.47. The summed E-state index contributed by atoms with van der Waals surface area (Å²) in [5.74, 6) is -0.506. The highest BCUT2D eigenvalue weighted by Crippen LogP contribution is 2.34. The number of fused-ring (bicyclic) bond motifs is 1. The SMILES string of the molecule is CC(=O)N1CCc2cc(N3CC(C(=O)NCc4ccncc4)CC3=O)ccc21. The molecule has 0 bridgehead atoms. The number of hydrogen-bond acceptors (Lipinski definition) is 4. The number of hydrogen-bond donors (Lipinski definition) is 1. The maximum absolute atomic E-state index is 12.5. The normalized spacial score (nSPS) is 18.3. The zero-order chi connectivity index (χ0) is 19.7. The largest absolute Gasteiger partial charge is 0.352 e. The highest BCUT2D eigenvalue weighted by atomic mass is 16.2. The van der Waals surface area contributed by atoms with E-state index in [1.165, 1.54) is 0 Å². The average molecular weight is 378 g/mol. The van der Waals surface area contributed by atoms with E-state index >= 15 is 0 Å². The lowest BCUT2D eigenvalue weighted by molar-refractivity contribution is -0.126. The van der Waals surface area contributed by atoms with Crippen molar-refractivity contribution in [1.82, 2.24) is 10.3 Å². The third-order valence-electron chi connectivity index (χ3n) is 5.36. The van der Waals surface area contributed by atoms with E-state index in [-0.39, 0.29) is 30.1 Å². The molecule has 1 aromatic carbocycles. The molecule has 1 N–H and O–H groups in total. The molecular formula is C21H22N4O3. The topological polar surface area (TPSA) is 82.6 Å². The molecule has 0 aliphatic carbocycles. The van der Waals surface area contributed by atoms with Gasteiger partial charge in [0.15, 0.2) is 0 Å². The number of aromatic nitrogens is 1. The third-order valence-corrected chi connectivity index (χ3v) is 5.36. The van der Waals surface area contributed by atoms with Gasteiger partial charge in [-0.05, 0) is 47.9 Å². The highest BCUT2D eigenvalue weighted by Gasteiger charge is 2.35. The van der Waals surface area contributed by atoms with Crippen LogP contribution >= 0.6 is 0 Å². The predicted octanol–water partition coefficient (Wildman–Crippen LogP) is 1.66. The van der Waals surface area contributed by atoms with Gasteiger partial charge in [0.05, 0.1) is 5.92 Å². The first-order chi connectivity index (χ1) is 13.5. The molecule has 3 amide bonds. The second kappa shape index (κ2) is 7.42. The van der Waals surface area contributed by atoms with E-state index in [1.54, 1.807) is 29.1 Å². The fraction of sp³-hybridized carbons (Fsp3) is 0.333. The van der Waals surface area contributed by atoms with Crippen LogP contribution in [0.1, 0.15) is 24.5 Å². The molecule has 28 heavy (non-hydrogen) atoms. The number of carbonyl (C=O) groups is 3. The van der Waals surface area contributed by atoms with E-state index < -0.39 is 0 Å². The Morgan fingerprint density at radius 1 is 1.21 bits per heavy atom. The fourth-order valence-electron chi connectivity index (χ4n) is 3.85. The molecule has 144 valence electrons. The van der Waals surface area contributed by atoms with Gasteiger partial charge in [-0.25, -0.2) is 0 Å². The quantitative estimate of drug-likeness (QED) is 0.877. The molecule has 0 radical (unpaired) electrons. The monoisotopic (exact) mass is 378 g/mol. The van der Waals surface area contributed by atoms with Crippen molar-refractivity contribution >= 4 is 29.1 Å². The fourth-order valence-corrected chi connectivity index (χ4v) is 3.85. The van der Waals surface area contributed by atoms with Gasteiger partial charge < -0.3 is 15.1 Å². The molecule has 1 fully saturated rings. The number of carbonyl (C=O) groups excluding carboxylic acids is 3. The Morgan fingerprint density at radius 3 is 2.75 bits per heavy atom. The number of pyridine rings is 1. The van der Waals surface area contributed by atoms with E-state index in [1.807, 2.05) is 30.3 Å². The van der Waals surface area contributed by atoms with Crippen molar-refractivity contribution in [2.45, 2.75) is 26.3 Å². The van der Waals surface area contributed by atoms with Gasteiger partial charge in [0.2, 0.25) is 17.7 Å². The minimum Gasteiger partial charge on any atom is -0.352 e. The van der Waals surface area contributed by atoms with E-state index in [0.29, 0.717) is 19.6 Å². The van der Waals surface area contributed by atoms with Crippen LogP contribution in [-0.2, 0) is 27.3 Å². The van der Waals surface area contributed by atoms with Crippen LogP contribution < -0.4 is 15.1 Å². The Hall–Kier alpha value is -3.22. The first-order valence-electron chi connectivity index (χ1n) is 9.41. The zero-order valence-electron chi connectivity index (χ0n) is 15.7. The van der Waals surface area contributed by atoms with Gasteiger partial charge in [-0.15, -0.1) is 0 Å². The van der Waals surface area contributed by atoms with E-state index in [0.717, 1.165) is 28.9 Å². The Labute approximate surface area is 163 Å². The summed E-state index contributed by atoms with van der Waals surface area (Å²) in [5.41, 5.74) is 3.73. The summed E-state index contributed by atoms with van der Waals surface area (Å²) >= 11 is 0. The van der Waals surface area contributed by atoms with Crippen molar-refractivity contribution in [2.24, 2.45) is 5.92 Å². The van der Waals surface area contributed by atoms with Gasteiger partial charge in [0.1, 0.15) is 0 Å². The van der Waals surface area contributed by atoms with Gasteiger partial charge in [-0.1, -0.05) is 0 Å². The van der Waals surface area contributed by atoms with Crippen LogP contribution in [0, 0.1) is 5.92 Å². The Kier molecular flexibility index (Phi) is 4.81. The van der Waals surface area contributed by atoms with Crippen molar-refractivity contribution in [2.75, 3.05) is 22.9 Å². The molecule has 0 saturated carbocycles. The number of nitrogens with zero attached hydrogens (tertiary/aromatic N) is 3. The summed E-state index contributed by atoms with van der Waals surface area (Å²) < 4.78 is 0. The molecule has 2 aliphatic rings. The molecular weight excluding hydrogens is 356 g/mol. The minimum atomic E-state index is -0.365. The Morgan fingerprint density at radius 2 is 2.00 bits per heavy atom. The average Bonchev–Trinajstić information content (AvgIpc) is 3.30. The lowest BCUT2D eigenvalue weighted by Crippen LogP contribution is -2.32. The molecule has 1 atom stereocenters. The maximum atomic E-state index is 12.5. The van der Waals surface area contributed by atoms with Crippen LogP contribution in [0.5, 0.6) is 0 Å². The standard InChI is InChI=1S/C21H22N4O3/c1-14(26)24-9-6-16-10-18(2-3-19(16)24)25-13-17(11-20(25)27)21(28)23-12-15-4-7-22-8-5-15/h2-5,7-8,10,17H,6,9,11-13H2,1H3,(H,23,28).